The number of carboxylic acids is 1. The van der Waals surface area contributed by atoms with Crippen molar-refractivity contribution >= 4 is 39.3 Å². The van der Waals surface area contributed by atoms with Gasteiger partial charge in [-0.1, -0.05) is 11.8 Å². The van der Waals surface area contributed by atoms with E-state index < -0.39 is 5.97 Å². The highest BCUT2D eigenvalue weighted by Gasteiger charge is 2.12. The standard InChI is InChI=1S/C10H10N2O2S2/c1-5-3-15-9-8(5)10(12-6(2)11-9)16-4-7(13)14/h3H,4H2,1-2H3,(H,13,14). The molecule has 16 heavy (non-hydrogen) atoms. The smallest absolute Gasteiger partial charge is 0.313 e. The molecule has 1 N–H and O–H groups in total. The van der Waals surface area contributed by atoms with Gasteiger partial charge in [-0.3, -0.25) is 4.79 Å². The second-order valence-electron chi connectivity index (χ2n) is 3.36. The van der Waals surface area contributed by atoms with Gasteiger partial charge in [-0.25, -0.2) is 9.97 Å². The Morgan fingerprint density at radius 2 is 2.25 bits per heavy atom. The Bertz CT molecular complexity index is 551. The molecule has 0 aliphatic heterocycles. The van der Waals surface area contributed by atoms with Crippen molar-refractivity contribution in [2.45, 2.75) is 18.9 Å². The van der Waals surface area contributed by atoms with Crippen LogP contribution in [-0.2, 0) is 4.79 Å². The molecule has 2 aromatic rings. The minimum atomic E-state index is -0.831. The van der Waals surface area contributed by atoms with Gasteiger partial charge in [-0.2, -0.15) is 0 Å². The molecule has 2 heterocycles. The topological polar surface area (TPSA) is 63.1 Å². The first kappa shape index (κ1) is 11.3. The van der Waals surface area contributed by atoms with Crippen molar-refractivity contribution < 1.29 is 9.90 Å². The monoisotopic (exact) mass is 254 g/mol. The number of aromatic nitrogens is 2. The predicted octanol–water partition coefficient (Wildman–Crippen LogP) is 2.48. The molecular formula is C10H10N2O2S2. The fraction of sp³-hybridized carbons (Fsp3) is 0.300. The molecule has 84 valence electrons. The van der Waals surface area contributed by atoms with Crippen LogP contribution in [0, 0.1) is 13.8 Å². The van der Waals surface area contributed by atoms with Crippen molar-refractivity contribution in [2.75, 3.05) is 5.75 Å². The molecule has 0 bridgehead atoms. The number of hydrogen-bond donors (Lipinski definition) is 1. The summed E-state index contributed by atoms with van der Waals surface area (Å²) in [4.78, 5) is 20.1. The molecule has 2 aromatic heterocycles. The van der Waals surface area contributed by atoms with Gasteiger partial charge in [0.2, 0.25) is 0 Å². The van der Waals surface area contributed by atoms with Crippen molar-refractivity contribution in [1.82, 2.24) is 9.97 Å². The third-order valence-electron chi connectivity index (χ3n) is 2.03. The van der Waals surface area contributed by atoms with E-state index in [0.717, 1.165) is 20.8 Å². The lowest BCUT2D eigenvalue weighted by atomic mass is 10.3. The van der Waals surface area contributed by atoms with Crippen LogP contribution >= 0.6 is 23.1 Å². The highest BCUT2D eigenvalue weighted by molar-refractivity contribution is 8.00. The van der Waals surface area contributed by atoms with E-state index in [9.17, 15) is 4.79 Å². The highest BCUT2D eigenvalue weighted by Crippen LogP contribution is 2.31. The van der Waals surface area contributed by atoms with Gasteiger partial charge >= 0.3 is 5.97 Å². The van der Waals surface area contributed by atoms with E-state index in [1.807, 2.05) is 19.2 Å². The lowest BCUT2D eigenvalue weighted by Gasteiger charge is -2.02. The molecule has 0 atom stereocenters. The molecule has 0 fully saturated rings. The van der Waals surface area contributed by atoms with Crippen molar-refractivity contribution in [3.05, 3.63) is 16.8 Å². The van der Waals surface area contributed by atoms with Gasteiger partial charge in [0, 0.05) is 5.39 Å². The van der Waals surface area contributed by atoms with Crippen LogP contribution in [0.4, 0.5) is 0 Å². The Morgan fingerprint density at radius 1 is 1.50 bits per heavy atom. The van der Waals surface area contributed by atoms with Crippen molar-refractivity contribution in [2.24, 2.45) is 0 Å². The van der Waals surface area contributed by atoms with Gasteiger partial charge in [-0.05, 0) is 24.8 Å². The fourth-order valence-corrected chi connectivity index (χ4v) is 3.27. The first-order valence-corrected chi connectivity index (χ1v) is 6.51. The van der Waals surface area contributed by atoms with Crippen molar-refractivity contribution in [3.8, 4) is 0 Å². The molecule has 4 nitrogen and oxygen atoms in total. The summed E-state index contributed by atoms with van der Waals surface area (Å²) in [5, 5.41) is 12.4. The van der Waals surface area contributed by atoms with Gasteiger partial charge < -0.3 is 5.11 Å². The molecular weight excluding hydrogens is 244 g/mol. The number of carbonyl (C=O) groups is 1. The summed E-state index contributed by atoms with van der Waals surface area (Å²) >= 11 is 2.81. The maximum atomic E-state index is 10.6. The normalized spacial score (nSPS) is 10.9. The summed E-state index contributed by atoms with van der Waals surface area (Å²) < 4.78 is 0. The molecule has 0 unspecified atom stereocenters. The summed E-state index contributed by atoms with van der Waals surface area (Å²) in [6.45, 7) is 3.81. The second-order valence-corrected chi connectivity index (χ2v) is 5.18. The lowest BCUT2D eigenvalue weighted by Crippen LogP contribution is -1.99. The van der Waals surface area contributed by atoms with Crippen LogP contribution in [0.2, 0.25) is 0 Å². The molecule has 0 aromatic carbocycles. The first-order chi connectivity index (χ1) is 7.58. The van der Waals surface area contributed by atoms with E-state index in [2.05, 4.69) is 9.97 Å². The zero-order valence-corrected chi connectivity index (χ0v) is 10.5. The van der Waals surface area contributed by atoms with Crippen LogP contribution in [0.1, 0.15) is 11.4 Å². The molecule has 0 saturated heterocycles. The summed E-state index contributed by atoms with van der Waals surface area (Å²) in [6, 6.07) is 0. The Kier molecular flexibility index (Phi) is 3.11. The minimum Gasteiger partial charge on any atom is -0.481 e. The van der Waals surface area contributed by atoms with Crippen molar-refractivity contribution in [1.29, 1.82) is 0 Å². The highest BCUT2D eigenvalue weighted by atomic mass is 32.2. The number of fused-ring (bicyclic) bond motifs is 1. The SMILES string of the molecule is Cc1nc(SCC(=O)O)c2c(C)csc2n1. The van der Waals surface area contributed by atoms with Gasteiger partial charge in [0.05, 0.1) is 5.75 Å². The second kappa shape index (κ2) is 4.39. The third kappa shape index (κ3) is 2.17. The third-order valence-corrected chi connectivity index (χ3v) is 3.98. The number of aliphatic carboxylic acids is 1. The van der Waals surface area contributed by atoms with E-state index in [1.54, 1.807) is 11.3 Å². The largest absolute Gasteiger partial charge is 0.481 e. The number of rotatable bonds is 3. The van der Waals surface area contributed by atoms with E-state index in [4.69, 9.17) is 5.11 Å². The van der Waals surface area contributed by atoms with E-state index in [0.29, 0.717) is 5.82 Å². The molecule has 0 saturated carbocycles. The number of nitrogens with zero attached hydrogens (tertiary/aromatic N) is 2. The van der Waals surface area contributed by atoms with Gasteiger partial charge in [0.25, 0.3) is 0 Å². The molecule has 6 heteroatoms. The predicted molar refractivity (Wildman–Crippen MR) is 65.2 cm³/mol. The number of carboxylic acid groups (broad SMARTS) is 1. The number of thiophene rings is 1. The fourth-order valence-electron chi connectivity index (χ4n) is 1.38. The number of aryl methyl sites for hydroxylation is 2. The Morgan fingerprint density at radius 3 is 2.94 bits per heavy atom. The maximum absolute atomic E-state index is 10.6. The number of thioether (sulfide) groups is 1. The molecule has 0 aliphatic carbocycles. The molecule has 0 spiro atoms. The van der Waals surface area contributed by atoms with Crippen LogP contribution in [0.3, 0.4) is 0 Å². The maximum Gasteiger partial charge on any atom is 0.313 e. The van der Waals surface area contributed by atoms with Gasteiger partial charge in [0.15, 0.2) is 0 Å². The average molecular weight is 254 g/mol. The lowest BCUT2D eigenvalue weighted by molar-refractivity contribution is -0.133. The van der Waals surface area contributed by atoms with Crippen molar-refractivity contribution in [3.63, 3.8) is 0 Å². The summed E-state index contributed by atoms with van der Waals surface area (Å²) in [7, 11) is 0. The summed E-state index contributed by atoms with van der Waals surface area (Å²) in [6.07, 6.45) is 0. The van der Waals surface area contributed by atoms with Crippen LogP contribution in [-0.4, -0.2) is 26.8 Å². The minimum absolute atomic E-state index is 0.0286. The summed E-state index contributed by atoms with van der Waals surface area (Å²) in [5.41, 5.74) is 1.10. The molecule has 0 aliphatic rings. The van der Waals surface area contributed by atoms with Crippen LogP contribution < -0.4 is 0 Å². The zero-order valence-electron chi connectivity index (χ0n) is 8.85. The summed E-state index contributed by atoms with van der Waals surface area (Å²) in [5.74, 6) is -0.120. The van der Waals surface area contributed by atoms with E-state index in [1.165, 1.54) is 11.8 Å². The van der Waals surface area contributed by atoms with Crippen LogP contribution in [0.25, 0.3) is 10.2 Å². The molecule has 0 radical (unpaired) electrons. The Balaban J connectivity index is 2.48. The molecule has 0 amide bonds. The van der Waals surface area contributed by atoms with E-state index >= 15 is 0 Å². The van der Waals surface area contributed by atoms with Gasteiger partial charge in [-0.15, -0.1) is 11.3 Å². The van der Waals surface area contributed by atoms with Crippen LogP contribution in [0.5, 0.6) is 0 Å². The van der Waals surface area contributed by atoms with Crippen LogP contribution in [0.15, 0.2) is 10.4 Å². The average Bonchev–Trinajstić information content (AvgIpc) is 2.56. The Hall–Kier alpha value is -1.14. The van der Waals surface area contributed by atoms with Gasteiger partial charge in [0.1, 0.15) is 15.7 Å². The molecule has 2 rings (SSSR count). The first-order valence-electron chi connectivity index (χ1n) is 4.65. The van der Waals surface area contributed by atoms with E-state index in [-0.39, 0.29) is 5.75 Å². The number of hydrogen-bond acceptors (Lipinski definition) is 5. The zero-order chi connectivity index (χ0) is 11.7. The Labute approximate surface area is 101 Å². The quantitative estimate of drug-likeness (QED) is 0.673.